The number of urea groups is 1. The van der Waals surface area contributed by atoms with Crippen LogP contribution in [0.25, 0.3) is 0 Å². The number of hydrogen-bond donors (Lipinski definition) is 1. The summed E-state index contributed by atoms with van der Waals surface area (Å²) in [5.74, 6) is -0.341. The van der Waals surface area contributed by atoms with E-state index in [1.807, 2.05) is 60.3 Å². The quantitative estimate of drug-likeness (QED) is 0.824. The molecule has 7 heteroatoms. The standard InChI is InChI=1S/C21H26N4O3/c1-23(2)18-10-6-17(7-11-18)22-21(27)25-14-12-24(13-15-25)19-8-4-16(5-9-19)20(26)28-3/h4-11H,12-15H2,1-3H3,(H,22,27). The summed E-state index contributed by atoms with van der Waals surface area (Å²) in [6.07, 6.45) is 0. The number of nitrogens with zero attached hydrogens (tertiary/aromatic N) is 3. The molecule has 0 aliphatic carbocycles. The van der Waals surface area contributed by atoms with Gasteiger partial charge in [0.2, 0.25) is 0 Å². The van der Waals surface area contributed by atoms with Crippen LogP contribution in [-0.2, 0) is 4.74 Å². The van der Waals surface area contributed by atoms with Crippen molar-refractivity contribution in [2.45, 2.75) is 0 Å². The number of methoxy groups -OCH3 is 1. The molecule has 0 unspecified atom stereocenters. The molecule has 1 aliphatic heterocycles. The lowest BCUT2D eigenvalue weighted by Gasteiger charge is -2.36. The SMILES string of the molecule is COC(=O)c1ccc(N2CCN(C(=O)Nc3ccc(N(C)C)cc3)CC2)cc1. The fourth-order valence-electron chi connectivity index (χ4n) is 3.14. The zero-order chi connectivity index (χ0) is 20.1. The first-order valence-corrected chi connectivity index (χ1v) is 9.24. The highest BCUT2D eigenvalue weighted by Crippen LogP contribution is 2.19. The monoisotopic (exact) mass is 382 g/mol. The van der Waals surface area contributed by atoms with E-state index < -0.39 is 0 Å². The topological polar surface area (TPSA) is 65.1 Å². The molecule has 0 spiro atoms. The van der Waals surface area contributed by atoms with Gasteiger partial charge in [0, 0.05) is 57.3 Å². The van der Waals surface area contributed by atoms with E-state index in [2.05, 4.69) is 10.2 Å². The van der Waals surface area contributed by atoms with Gasteiger partial charge in [-0.2, -0.15) is 0 Å². The fraction of sp³-hybridized carbons (Fsp3) is 0.333. The van der Waals surface area contributed by atoms with Gasteiger partial charge in [-0.25, -0.2) is 9.59 Å². The number of nitrogens with one attached hydrogen (secondary N) is 1. The van der Waals surface area contributed by atoms with Gasteiger partial charge < -0.3 is 24.8 Å². The number of hydrogen-bond acceptors (Lipinski definition) is 5. The second-order valence-electron chi connectivity index (χ2n) is 6.88. The maximum Gasteiger partial charge on any atom is 0.337 e. The zero-order valence-corrected chi connectivity index (χ0v) is 16.5. The maximum absolute atomic E-state index is 12.5. The van der Waals surface area contributed by atoms with Crippen LogP contribution in [0.4, 0.5) is 21.9 Å². The van der Waals surface area contributed by atoms with E-state index in [0.29, 0.717) is 18.7 Å². The van der Waals surface area contributed by atoms with Crippen LogP contribution in [0.2, 0.25) is 0 Å². The Bertz CT molecular complexity index is 811. The Balaban J connectivity index is 1.53. The van der Waals surface area contributed by atoms with E-state index in [0.717, 1.165) is 30.2 Å². The van der Waals surface area contributed by atoms with Crippen LogP contribution >= 0.6 is 0 Å². The molecule has 0 aromatic heterocycles. The minimum atomic E-state index is -0.341. The Hall–Kier alpha value is -3.22. The van der Waals surface area contributed by atoms with Crippen LogP contribution in [0.15, 0.2) is 48.5 Å². The number of carbonyl (C=O) groups is 2. The Morgan fingerprint density at radius 2 is 1.54 bits per heavy atom. The van der Waals surface area contributed by atoms with Crippen molar-refractivity contribution in [2.75, 3.05) is 62.5 Å². The lowest BCUT2D eigenvalue weighted by atomic mass is 10.2. The molecular weight excluding hydrogens is 356 g/mol. The molecule has 2 amide bonds. The van der Waals surface area contributed by atoms with Crippen molar-refractivity contribution < 1.29 is 14.3 Å². The molecule has 0 radical (unpaired) electrons. The smallest absolute Gasteiger partial charge is 0.337 e. The van der Waals surface area contributed by atoms with Gasteiger partial charge in [0.1, 0.15) is 0 Å². The number of amides is 2. The second-order valence-corrected chi connectivity index (χ2v) is 6.88. The number of ether oxygens (including phenoxy) is 1. The minimum absolute atomic E-state index is 0.0849. The highest BCUT2D eigenvalue weighted by molar-refractivity contribution is 5.90. The third-order valence-electron chi connectivity index (χ3n) is 4.86. The number of rotatable bonds is 4. The Kier molecular flexibility index (Phi) is 6.03. The first kappa shape index (κ1) is 19.5. The second kappa shape index (κ2) is 8.65. The number of piperazine rings is 1. The van der Waals surface area contributed by atoms with Gasteiger partial charge in [0.15, 0.2) is 0 Å². The molecular formula is C21H26N4O3. The molecule has 2 aromatic rings. The van der Waals surface area contributed by atoms with Gasteiger partial charge in [-0.3, -0.25) is 0 Å². The summed E-state index contributed by atoms with van der Waals surface area (Å²) in [4.78, 5) is 30.1. The average Bonchev–Trinajstić information content (AvgIpc) is 2.73. The van der Waals surface area contributed by atoms with Crippen LogP contribution in [0, 0.1) is 0 Å². The summed E-state index contributed by atoms with van der Waals surface area (Å²) in [5.41, 5.74) is 3.44. The van der Waals surface area contributed by atoms with Crippen molar-refractivity contribution in [2.24, 2.45) is 0 Å². The van der Waals surface area contributed by atoms with Crippen molar-refractivity contribution in [1.29, 1.82) is 0 Å². The Morgan fingerprint density at radius 1 is 0.929 bits per heavy atom. The van der Waals surface area contributed by atoms with Crippen LogP contribution in [0.3, 0.4) is 0 Å². The third-order valence-corrected chi connectivity index (χ3v) is 4.86. The maximum atomic E-state index is 12.5. The van der Waals surface area contributed by atoms with Crippen molar-refractivity contribution in [1.82, 2.24) is 4.90 Å². The van der Waals surface area contributed by atoms with E-state index in [1.165, 1.54) is 7.11 Å². The van der Waals surface area contributed by atoms with Crippen LogP contribution in [0.1, 0.15) is 10.4 Å². The van der Waals surface area contributed by atoms with Gasteiger partial charge in [0.05, 0.1) is 12.7 Å². The number of benzene rings is 2. The first-order valence-electron chi connectivity index (χ1n) is 9.24. The summed E-state index contributed by atoms with van der Waals surface area (Å²) in [5, 5.41) is 2.96. The van der Waals surface area contributed by atoms with Crippen molar-refractivity contribution in [3.63, 3.8) is 0 Å². The van der Waals surface area contributed by atoms with Gasteiger partial charge in [-0.1, -0.05) is 0 Å². The van der Waals surface area contributed by atoms with Crippen molar-refractivity contribution >= 4 is 29.1 Å². The normalized spacial score (nSPS) is 13.8. The molecule has 0 bridgehead atoms. The molecule has 2 aromatic carbocycles. The summed E-state index contributed by atoms with van der Waals surface area (Å²) in [7, 11) is 5.34. The predicted octanol–water partition coefficient (Wildman–Crippen LogP) is 2.89. The summed E-state index contributed by atoms with van der Waals surface area (Å²) in [6, 6.07) is 15.0. The third kappa shape index (κ3) is 4.54. The first-order chi connectivity index (χ1) is 13.5. The van der Waals surface area contributed by atoms with Crippen molar-refractivity contribution in [3.8, 4) is 0 Å². The summed E-state index contributed by atoms with van der Waals surface area (Å²) in [6.45, 7) is 2.76. The fourth-order valence-corrected chi connectivity index (χ4v) is 3.14. The number of esters is 1. The molecule has 0 saturated carbocycles. The van der Waals surface area contributed by atoms with E-state index in [4.69, 9.17) is 4.74 Å². The minimum Gasteiger partial charge on any atom is -0.465 e. The number of anilines is 3. The van der Waals surface area contributed by atoms with Gasteiger partial charge in [0.25, 0.3) is 0 Å². The molecule has 28 heavy (non-hydrogen) atoms. The Labute approximate surface area is 165 Å². The van der Waals surface area contributed by atoms with Crippen LogP contribution < -0.4 is 15.1 Å². The van der Waals surface area contributed by atoms with Crippen LogP contribution in [-0.4, -0.2) is 64.3 Å². The van der Waals surface area contributed by atoms with E-state index >= 15 is 0 Å². The van der Waals surface area contributed by atoms with Crippen molar-refractivity contribution in [3.05, 3.63) is 54.1 Å². The van der Waals surface area contributed by atoms with Gasteiger partial charge in [-0.15, -0.1) is 0 Å². The molecule has 1 heterocycles. The van der Waals surface area contributed by atoms with E-state index in [9.17, 15) is 9.59 Å². The zero-order valence-electron chi connectivity index (χ0n) is 16.5. The molecule has 1 N–H and O–H groups in total. The Morgan fingerprint density at radius 3 is 2.07 bits per heavy atom. The average molecular weight is 382 g/mol. The lowest BCUT2D eigenvalue weighted by Crippen LogP contribution is -2.50. The largest absolute Gasteiger partial charge is 0.465 e. The van der Waals surface area contributed by atoms with Crippen LogP contribution in [0.5, 0.6) is 0 Å². The van der Waals surface area contributed by atoms with E-state index in [1.54, 1.807) is 12.1 Å². The lowest BCUT2D eigenvalue weighted by molar-refractivity contribution is 0.0600. The predicted molar refractivity (Wildman–Crippen MR) is 111 cm³/mol. The molecule has 3 rings (SSSR count). The molecule has 148 valence electrons. The van der Waals surface area contributed by atoms with Gasteiger partial charge in [-0.05, 0) is 48.5 Å². The molecule has 1 saturated heterocycles. The molecule has 1 fully saturated rings. The summed E-state index contributed by atoms with van der Waals surface area (Å²) >= 11 is 0. The summed E-state index contributed by atoms with van der Waals surface area (Å²) < 4.78 is 4.72. The molecule has 0 atom stereocenters. The van der Waals surface area contributed by atoms with Gasteiger partial charge >= 0.3 is 12.0 Å². The highest BCUT2D eigenvalue weighted by atomic mass is 16.5. The molecule has 7 nitrogen and oxygen atoms in total. The molecule has 1 aliphatic rings. The number of carbonyl (C=O) groups excluding carboxylic acids is 2. The van der Waals surface area contributed by atoms with E-state index in [-0.39, 0.29) is 12.0 Å². The highest BCUT2D eigenvalue weighted by Gasteiger charge is 2.21.